The topological polar surface area (TPSA) is 73.9 Å². The number of hydrogen-bond acceptors (Lipinski definition) is 5. The highest BCUT2D eigenvalue weighted by Crippen LogP contribution is 2.31. The number of carbonyl (C=O) groups excluding carboxylic acids is 2. The summed E-state index contributed by atoms with van der Waals surface area (Å²) in [6.45, 7) is 1.44. The van der Waals surface area contributed by atoms with Crippen LogP contribution in [-0.2, 0) is 14.3 Å². The number of ether oxygens (including phenoxy) is 3. The maximum absolute atomic E-state index is 12.9. The molecule has 3 rings (SSSR count). The lowest BCUT2D eigenvalue weighted by Gasteiger charge is -2.25. The number of carbonyl (C=O) groups is 2. The summed E-state index contributed by atoms with van der Waals surface area (Å²) >= 11 is 0. The van der Waals surface area contributed by atoms with Crippen molar-refractivity contribution in [1.29, 1.82) is 0 Å². The largest absolute Gasteiger partial charge is 0.485 e. The van der Waals surface area contributed by atoms with Crippen molar-refractivity contribution < 1.29 is 28.2 Å². The van der Waals surface area contributed by atoms with Crippen LogP contribution in [0.5, 0.6) is 11.5 Å². The van der Waals surface area contributed by atoms with Crippen LogP contribution in [-0.4, -0.2) is 30.7 Å². The lowest BCUT2D eigenvalue weighted by molar-refractivity contribution is -0.162. The van der Waals surface area contributed by atoms with Gasteiger partial charge in [0.25, 0.3) is 5.91 Å². The Balaban J connectivity index is 1.55. The Hall–Kier alpha value is -3.09. The number of fused-ring (bicyclic) bond motifs is 1. The lowest BCUT2D eigenvalue weighted by atomic mass is 10.2. The highest BCUT2D eigenvalue weighted by Gasteiger charge is 2.31. The van der Waals surface area contributed by atoms with Gasteiger partial charge in [-0.3, -0.25) is 4.79 Å². The first-order chi connectivity index (χ1) is 12.0. The fourth-order valence-corrected chi connectivity index (χ4v) is 2.22. The van der Waals surface area contributed by atoms with Crippen molar-refractivity contribution in [1.82, 2.24) is 0 Å². The molecule has 1 aliphatic heterocycles. The Morgan fingerprint density at radius 3 is 2.56 bits per heavy atom. The number of anilines is 1. The first-order valence-corrected chi connectivity index (χ1v) is 7.68. The van der Waals surface area contributed by atoms with E-state index in [0.717, 1.165) is 0 Å². The van der Waals surface area contributed by atoms with Gasteiger partial charge < -0.3 is 19.5 Å². The molecule has 0 spiro atoms. The summed E-state index contributed by atoms with van der Waals surface area (Å²) in [6.07, 6.45) is -1.99. The molecule has 0 bridgehead atoms. The molecule has 2 aromatic carbocycles. The van der Waals surface area contributed by atoms with Gasteiger partial charge in [-0.25, -0.2) is 9.18 Å². The van der Waals surface area contributed by atoms with E-state index < -0.39 is 29.9 Å². The predicted octanol–water partition coefficient (Wildman–Crippen LogP) is 2.54. The van der Waals surface area contributed by atoms with Crippen LogP contribution < -0.4 is 14.8 Å². The number of benzene rings is 2. The second kappa shape index (κ2) is 7.21. The Bertz CT molecular complexity index is 777. The van der Waals surface area contributed by atoms with Crippen molar-refractivity contribution in [3.05, 3.63) is 54.3 Å². The van der Waals surface area contributed by atoms with Gasteiger partial charge >= 0.3 is 5.97 Å². The zero-order valence-electron chi connectivity index (χ0n) is 13.4. The molecular formula is C18H16FNO5. The number of rotatable bonds is 4. The van der Waals surface area contributed by atoms with Crippen molar-refractivity contribution in [3.63, 3.8) is 0 Å². The molecule has 0 saturated heterocycles. The van der Waals surface area contributed by atoms with Gasteiger partial charge in [-0.2, -0.15) is 0 Å². The quantitative estimate of drug-likeness (QED) is 0.862. The Labute approximate surface area is 143 Å². The zero-order chi connectivity index (χ0) is 17.8. The molecular weight excluding hydrogens is 329 g/mol. The third-order valence-electron chi connectivity index (χ3n) is 3.55. The van der Waals surface area contributed by atoms with Crippen LogP contribution in [0.2, 0.25) is 0 Å². The van der Waals surface area contributed by atoms with Crippen molar-refractivity contribution in [2.45, 2.75) is 19.1 Å². The van der Waals surface area contributed by atoms with E-state index in [0.29, 0.717) is 17.2 Å². The fraction of sp³-hybridized carbons (Fsp3) is 0.222. The minimum absolute atomic E-state index is 0.00213. The van der Waals surface area contributed by atoms with Gasteiger partial charge in [0.15, 0.2) is 17.6 Å². The molecule has 2 aromatic rings. The van der Waals surface area contributed by atoms with E-state index in [-0.39, 0.29) is 6.61 Å². The summed E-state index contributed by atoms with van der Waals surface area (Å²) in [6, 6.07) is 12.2. The summed E-state index contributed by atoms with van der Waals surface area (Å²) in [5, 5.41) is 2.54. The first-order valence-electron chi connectivity index (χ1n) is 7.68. The number of para-hydroxylation sites is 2. The molecule has 1 amide bonds. The molecule has 6 nitrogen and oxygen atoms in total. The van der Waals surface area contributed by atoms with Gasteiger partial charge in [-0.1, -0.05) is 12.1 Å². The van der Waals surface area contributed by atoms with E-state index in [1.807, 2.05) is 0 Å². The SMILES string of the molecule is C[C@@H](OC(=O)[C@@H]1COc2ccccc2O1)C(=O)Nc1ccc(F)cc1. The van der Waals surface area contributed by atoms with E-state index in [9.17, 15) is 14.0 Å². The summed E-state index contributed by atoms with van der Waals surface area (Å²) in [7, 11) is 0. The second-order valence-electron chi connectivity index (χ2n) is 5.44. The van der Waals surface area contributed by atoms with Crippen LogP contribution in [0, 0.1) is 5.82 Å². The summed E-state index contributed by atoms with van der Waals surface area (Å²) in [4.78, 5) is 24.2. The minimum Gasteiger partial charge on any atom is -0.485 e. The van der Waals surface area contributed by atoms with E-state index in [1.54, 1.807) is 24.3 Å². The average molecular weight is 345 g/mol. The molecule has 0 aliphatic carbocycles. The highest BCUT2D eigenvalue weighted by molar-refractivity contribution is 5.95. The van der Waals surface area contributed by atoms with Gasteiger partial charge in [-0.05, 0) is 43.3 Å². The molecule has 0 radical (unpaired) electrons. The van der Waals surface area contributed by atoms with Crippen molar-refractivity contribution in [2.24, 2.45) is 0 Å². The molecule has 130 valence electrons. The molecule has 1 aliphatic rings. The molecule has 0 unspecified atom stereocenters. The smallest absolute Gasteiger partial charge is 0.351 e. The monoisotopic (exact) mass is 345 g/mol. The number of halogens is 1. The first kappa shape index (κ1) is 16.8. The third-order valence-corrected chi connectivity index (χ3v) is 3.55. The molecule has 0 fully saturated rings. The number of hydrogen-bond donors (Lipinski definition) is 1. The Morgan fingerprint density at radius 1 is 1.16 bits per heavy atom. The van der Waals surface area contributed by atoms with E-state index in [1.165, 1.54) is 31.2 Å². The maximum Gasteiger partial charge on any atom is 0.351 e. The summed E-state index contributed by atoms with van der Waals surface area (Å²) < 4.78 is 29.0. The van der Waals surface area contributed by atoms with Crippen LogP contribution in [0.1, 0.15) is 6.92 Å². The van der Waals surface area contributed by atoms with Crippen LogP contribution in [0.25, 0.3) is 0 Å². The normalized spacial score (nSPS) is 16.6. The Morgan fingerprint density at radius 2 is 1.84 bits per heavy atom. The minimum atomic E-state index is -1.04. The van der Waals surface area contributed by atoms with E-state index in [2.05, 4.69) is 5.32 Å². The predicted molar refractivity (Wildman–Crippen MR) is 86.9 cm³/mol. The number of esters is 1. The van der Waals surface area contributed by atoms with Gasteiger partial charge in [-0.15, -0.1) is 0 Å². The molecule has 1 N–H and O–H groups in total. The van der Waals surface area contributed by atoms with Crippen LogP contribution >= 0.6 is 0 Å². The van der Waals surface area contributed by atoms with Gasteiger partial charge in [0, 0.05) is 5.69 Å². The van der Waals surface area contributed by atoms with Crippen molar-refractivity contribution >= 4 is 17.6 Å². The molecule has 2 atom stereocenters. The van der Waals surface area contributed by atoms with Crippen LogP contribution in [0.4, 0.5) is 10.1 Å². The lowest BCUT2D eigenvalue weighted by Crippen LogP contribution is -2.41. The molecule has 25 heavy (non-hydrogen) atoms. The van der Waals surface area contributed by atoms with E-state index in [4.69, 9.17) is 14.2 Å². The second-order valence-corrected chi connectivity index (χ2v) is 5.44. The Kier molecular flexibility index (Phi) is 4.83. The van der Waals surface area contributed by atoms with Crippen molar-refractivity contribution in [2.75, 3.05) is 11.9 Å². The van der Waals surface area contributed by atoms with Crippen LogP contribution in [0.3, 0.4) is 0 Å². The average Bonchev–Trinajstić information content (AvgIpc) is 2.63. The van der Waals surface area contributed by atoms with Crippen molar-refractivity contribution in [3.8, 4) is 11.5 Å². The maximum atomic E-state index is 12.9. The molecule has 0 saturated carbocycles. The highest BCUT2D eigenvalue weighted by atomic mass is 19.1. The molecule has 1 heterocycles. The fourth-order valence-electron chi connectivity index (χ4n) is 2.22. The molecule has 0 aromatic heterocycles. The van der Waals surface area contributed by atoms with Gasteiger partial charge in [0.05, 0.1) is 0 Å². The van der Waals surface area contributed by atoms with Gasteiger partial charge in [0.2, 0.25) is 6.10 Å². The van der Waals surface area contributed by atoms with Crippen LogP contribution in [0.15, 0.2) is 48.5 Å². The summed E-state index contributed by atoms with van der Waals surface area (Å²) in [5.74, 6) is -0.645. The number of amides is 1. The van der Waals surface area contributed by atoms with Gasteiger partial charge in [0.1, 0.15) is 12.4 Å². The third kappa shape index (κ3) is 4.06. The summed E-state index contributed by atoms with van der Waals surface area (Å²) in [5.41, 5.74) is 0.403. The zero-order valence-corrected chi connectivity index (χ0v) is 13.4. The van der Waals surface area contributed by atoms with E-state index >= 15 is 0 Å². The molecule has 7 heteroatoms. The standard InChI is InChI=1S/C18H16FNO5/c1-11(17(21)20-13-8-6-12(19)7-9-13)24-18(22)16-10-23-14-4-2-3-5-15(14)25-16/h2-9,11,16H,10H2,1H3,(H,20,21)/t11-,16+/m1/s1. The number of nitrogens with one attached hydrogen (secondary N) is 1.